The van der Waals surface area contributed by atoms with E-state index < -0.39 is 0 Å². The van der Waals surface area contributed by atoms with Gasteiger partial charge in [0.15, 0.2) is 5.76 Å². The summed E-state index contributed by atoms with van der Waals surface area (Å²) in [5.74, 6) is 2.01. The Morgan fingerprint density at radius 1 is 1.33 bits per heavy atom. The third kappa shape index (κ3) is 3.73. The Hall–Kier alpha value is -1.92. The predicted molar refractivity (Wildman–Crippen MR) is 102 cm³/mol. The molecule has 2 aliphatic rings. The second-order valence-electron chi connectivity index (χ2n) is 8.06. The van der Waals surface area contributed by atoms with Crippen molar-refractivity contribution in [3.63, 3.8) is 0 Å². The van der Waals surface area contributed by atoms with Crippen molar-refractivity contribution < 1.29 is 14.0 Å². The Morgan fingerprint density at radius 2 is 2.22 bits per heavy atom. The number of hydrogen-bond acceptors (Lipinski definition) is 6. The van der Waals surface area contributed by atoms with E-state index in [4.69, 9.17) is 14.0 Å². The summed E-state index contributed by atoms with van der Waals surface area (Å²) in [5, 5.41) is 4.20. The summed E-state index contributed by atoms with van der Waals surface area (Å²) in [6, 6.07) is 8.19. The normalized spacial score (nSPS) is 28.4. The largest absolute Gasteiger partial charge is 0.474 e. The van der Waals surface area contributed by atoms with Crippen molar-refractivity contribution in [2.75, 3.05) is 13.7 Å². The first kappa shape index (κ1) is 18.4. The van der Waals surface area contributed by atoms with Crippen molar-refractivity contribution in [1.29, 1.82) is 0 Å². The van der Waals surface area contributed by atoms with Crippen LogP contribution in [0.5, 0.6) is 5.88 Å². The lowest BCUT2D eigenvalue weighted by Crippen LogP contribution is -2.52. The van der Waals surface area contributed by atoms with Crippen LogP contribution in [0, 0.1) is 0 Å². The van der Waals surface area contributed by atoms with Crippen LogP contribution < -0.4 is 4.74 Å². The van der Waals surface area contributed by atoms with Gasteiger partial charge < -0.3 is 14.0 Å². The molecule has 2 aromatic rings. The van der Waals surface area contributed by atoms with Gasteiger partial charge in [-0.3, -0.25) is 4.90 Å². The van der Waals surface area contributed by atoms with Gasteiger partial charge in [0.05, 0.1) is 17.8 Å². The molecule has 2 unspecified atom stereocenters. The number of methoxy groups -OCH3 is 1. The molecule has 0 spiro atoms. The number of fused-ring (bicyclic) bond motifs is 1. The topological polar surface area (TPSA) is 60.6 Å². The van der Waals surface area contributed by atoms with Gasteiger partial charge in [-0.05, 0) is 31.2 Å². The van der Waals surface area contributed by atoms with E-state index in [1.54, 1.807) is 6.20 Å². The van der Waals surface area contributed by atoms with E-state index in [1.807, 2.05) is 25.3 Å². The molecular formula is C21H29N3O3. The molecular weight excluding hydrogens is 342 g/mol. The minimum Gasteiger partial charge on any atom is -0.474 e. The van der Waals surface area contributed by atoms with E-state index in [0.29, 0.717) is 17.8 Å². The zero-order chi connectivity index (χ0) is 18.9. The van der Waals surface area contributed by atoms with Crippen molar-refractivity contribution in [1.82, 2.24) is 15.0 Å². The Balaban J connectivity index is 1.47. The molecule has 1 saturated heterocycles. The van der Waals surface area contributed by atoms with Crippen molar-refractivity contribution in [2.24, 2.45) is 0 Å². The van der Waals surface area contributed by atoms with E-state index >= 15 is 0 Å². The molecule has 1 aliphatic carbocycles. The summed E-state index contributed by atoms with van der Waals surface area (Å²) < 4.78 is 17.8. The van der Waals surface area contributed by atoms with Crippen LogP contribution >= 0.6 is 0 Å². The first-order chi connectivity index (χ1) is 13.1. The second kappa shape index (κ2) is 7.60. The minimum absolute atomic E-state index is 0.0785. The lowest BCUT2D eigenvalue weighted by molar-refractivity contribution is -0.0850. The lowest BCUT2D eigenvalue weighted by Gasteiger charge is -2.43. The average molecular weight is 371 g/mol. The molecule has 6 heteroatoms. The predicted octanol–water partition coefficient (Wildman–Crippen LogP) is 3.78. The number of pyridine rings is 1. The van der Waals surface area contributed by atoms with Gasteiger partial charge in [0.25, 0.3) is 0 Å². The van der Waals surface area contributed by atoms with Crippen molar-refractivity contribution >= 4 is 0 Å². The van der Waals surface area contributed by atoms with E-state index in [1.165, 1.54) is 0 Å². The maximum atomic E-state index is 6.16. The first-order valence-electron chi connectivity index (χ1n) is 9.92. The Labute approximate surface area is 160 Å². The van der Waals surface area contributed by atoms with Gasteiger partial charge >= 0.3 is 0 Å². The van der Waals surface area contributed by atoms with Gasteiger partial charge in [-0.1, -0.05) is 25.1 Å². The molecule has 6 nitrogen and oxygen atoms in total. The highest BCUT2D eigenvalue weighted by atomic mass is 16.5. The van der Waals surface area contributed by atoms with Crippen LogP contribution in [0.3, 0.4) is 0 Å². The Morgan fingerprint density at radius 3 is 2.93 bits per heavy atom. The van der Waals surface area contributed by atoms with Crippen molar-refractivity contribution in [3.8, 4) is 5.88 Å². The van der Waals surface area contributed by atoms with Crippen LogP contribution in [-0.4, -0.2) is 46.4 Å². The molecule has 2 fully saturated rings. The summed E-state index contributed by atoms with van der Waals surface area (Å²) in [6.07, 6.45) is 5.93. The van der Waals surface area contributed by atoms with Crippen LogP contribution in [-0.2, 0) is 11.3 Å². The third-order valence-corrected chi connectivity index (χ3v) is 6.11. The molecule has 1 aliphatic heterocycles. The number of ether oxygens (including phenoxy) is 2. The molecule has 0 N–H and O–H groups in total. The highest BCUT2D eigenvalue weighted by molar-refractivity contribution is 5.13. The summed E-state index contributed by atoms with van der Waals surface area (Å²) in [5.41, 5.74) is 0.937. The van der Waals surface area contributed by atoms with Crippen molar-refractivity contribution in [2.45, 2.75) is 69.7 Å². The maximum absolute atomic E-state index is 6.16. The summed E-state index contributed by atoms with van der Waals surface area (Å²) in [6.45, 7) is 6.04. The average Bonchev–Trinajstić information content (AvgIpc) is 3.29. The van der Waals surface area contributed by atoms with Crippen LogP contribution in [0.4, 0.5) is 0 Å². The summed E-state index contributed by atoms with van der Waals surface area (Å²) >= 11 is 0. The molecule has 3 heterocycles. The third-order valence-electron chi connectivity index (χ3n) is 6.11. The fourth-order valence-corrected chi connectivity index (χ4v) is 4.52. The monoisotopic (exact) mass is 371 g/mol. The second-order valence-corrected chi connectivity index (χ2v) is 8.06. The van der Waals surface area contributed by atoms with E-state index in [0.717, 1.165) is 50.2 Å². The van der Waals surface area contributed by atoms with Crippen LogP contribution in [0.2, 0.25) is 0 Å². The molecule has 4 rings (SSSR count). The number of nitrogens with zero attached hydrogens (tertiary/aromatic N) is 3. The van der Waals surface area contributed by atoms with Gasteiger partial charge in [-0.25, -0.2) is 4.98 Å². The number of hydrogen-bond donors (Lipinski definition) is 0. The SMILES string of the molecule is CO[C@@]12CCC(Oc3ccccn3)CC1N(Cc1cc(C(C)C)no1)CC2. The van der Waals surface area contributed by atoms with Crippen LogP contribution in [0.15, 0.2) is 35.0 Å². The highest BCUT2D eigenvalue weighted by Gasteiger charge is 2.51. The number of rotatable bonds is 6. The molecule has 3 atom stereocenters. The maximum Gasteiger partial charge on any atom is 0.213 e. The molecule has 146 valence electrons. The first-order valence-corrected chi connectivity index (χ1v) is 9.92. The van der Waals surface area contributed by atoms with Crippen LogP contribution in [0.25, 0.3) is 0 Å². The zero-order valence-electron chi connectivity index (χ0n) is 16.4. The highest BCUT2D eigenvalue weighted by Crippen LogP contribution is 2.43. The zero-order valence-corrected chi connectivity index (χ0v) is 16.4. The molecule has 2 aromatic heterocycles. The quantitative estimate of drug-likeness (QED) is 0.770. The van der Waals surface area contributed by atoms with Gasteiger partial charge in [-0.15, -0.1) is 0 Å². The Bertz CT molecular complexity index is 748. The number of aromatic nitrogens is 2. The van der Waals surface area contributed by atoms with Gasteiger partial charge in [0.1, 0.15) is 6.10 Å². The van der Waals surface area contributed by atoms with Gasteiger partial charge in [0, 0.05) is 44.4 Å². The lowest BCUT2D eigenvalue weighted by atomic mass is 9.79. The van der Waals surface area contributed by atoms with E-state index in [-0.39, 0.29) is 11.7 Å². The number of likely N-dealkylation sites (tertiary alicyclic amines) is 1. The molecule has 1 saturated carbocycles. The van der Waals surface area contributed by atoms with Crippen molar-refractivity contribution in [3.05, 3.63) is 41.9 Å². The van der Waals surface area contributed by atoms with E-state index in [9.17, 15) is 0 Å². The Kier molecular flexibility index (Phi) is 5.19. The fraction of sp³-hybridized carbons (Fsp3) is 0.619. The summed E-state index contributed by atoms with van der Waals surface area (Å²) in [7, 11) is 1.85. The van der Waals surface area contributed by atoms with Crippen LogP contribution in [0.1, 0.15) is 56.9 Å². The molecule has 27 heavy (non-hydrogen) atoms. The molecule has 0 radical (unpaired) electrons. The van der Waals surface area contributed by atoms with E-state index in [2.05, 4.69) is 35.0 Å². The van der Waals surface area contributed by atoms with Gasteiger partial charge in [-0.2, -0.15) is 0 Å². The standard InChI is InChI=1S/C21H29N3O3/c1-15(2)18-12-17(27-23-18)14-24-11-9-21(25-3)8-7-16(13-19(21)24)26-20-6-4-5-10-22-20/h4-6,10,12,15-16,19H,7-9,11,13-14H2,1-3H3/t16?,19?,21-/m1/s1. The summed E-state index contributed by atoms with van der Waals surface area (Å²) in [4.78, 5) is 6.79. The molecule has 0 bridgehead atoms. The molecule has 0 amide bonds. The minimum atomic E-state index is -0.0785. The molecule has 0 aromatic carbocycles. The van der Waals surface area contributed by atoms with Gasteiger partial charge in [0.2, 0.25) is 5.88 Å². The fourth-order valence-electron chi connectivity index (χ4n) is 4.52. The smallest absolute Gasteiger partial charge is 0.213 e.